The molecule has 0 unspecified atom stereocenters. The topological polar surface area (TPSA) is 112 Å². The van der Waals surface area contributed by atoms with Crippen molar-refractivity contribution in [3.63, 3.8) is 0 Å². The summed E-state index contributed by atoms with van der Waals surface area (Å²) >= 11 is 0. The van der Waals surface area contributed by atoms with Crippen LogP contribution in [0.25, 0.3) is 0 Å². The third-order valence-corrected chi connectivity index (χ3v) is 5.48. The highest BCUT2D eigenvalue weighted by Gasteiger charge is 2.36. The molecule has 0 aliphatic carbocycles. The van der Waals surface area contributed by atoms with E-state index in [1.165, 1.54) is 0 Å². The van der Waals surface area contributed by atoms with Crippen molar-refractivity contribution >= 4 is 29.2 Å². The van der Waals surface area contributed by atoms with E-state index in [2.05, 4.69) is 16.7 Å². The van der Waals surface area contributed by atoms with Crippen LogP contribution in [0.5, 0.6) is 0 Å². The van der Waals surface area contributed by atoms with Crippen molar-refractivity contribution in [1.29, 1.82) is 5.26 Å². The Morgan fingerprint density at radius 1 is 1.46 bits per heavy atom. The molecule has 0 bridgehead atoms. The maximum absolute atomic E-state index is 12.3. The summed E-state index contributed by atoms with van der Waals surface area (Å²) in [7, 11) is 0. The number of fused-ring (bicyclic) bond motifs is 3. The number of hydrogen-bond donors (Lipinski definition) is 2. The summed E-state index contributed by atoms with van der Waals surface area (Å²) < 4.78 is 5.08. The number of carbonyl (C=O) groups is 3. The average Bonchev–Trinajstić information content (AvgIpc) is 3.16. The molecule has 0 aromatic heterocycles. The number of hydrogen-bond acceptors (Lipinski definition) is 6. The molecule has 0 radical (unpaired) electrons. The molecule has 2 aliphatic heterocycles. The van der Waals surface area contributed by atoms with Gasteiger partial charge in [0.05, 0.1) is 23.0 Å². The van der Waals surface area contributed by atoms with Crippen LogP contribution in [0.2, 0.25) is 0 Å². The van der Waals surface area contributed by atoms with Gasteiger partial charge in [0.15, 0.2) is 6.61 Å². The third kappa shape index (κ3) is 3.65. The van der Waals surface area contributed by atoms with Gasteiger partial charge < -0.3 is 20.3 Å². The van der Waals surface area contributed by atoms with Crippen molar-refractivity contribution < 1.29 is 19.1 Å². The zero-order valence-corrected chi connectivity index (χ0v) is 16.2. The maximum atomic E-state index is 12.3. The number of nitrogens with zero attached hydrogens (tertiary/aromatic N) is 2. The molecule has 0 spiro atoms. The van der Waals surface area contributed by atoms with Crippen LogP contribution in [0.4, 0.5) is 11.4 Å². The van der Waals surface area contributed by atoms with Crippen LogP contribution in [0.3, 0.4) is 0 Å². The standard InChI is InChI=1S/C20H24N4O4/c1-12(2)20(3,11-21)23-17(25)10-28-19(27)13-6-7-15-14(9-13)22-18(26)16-5-4-8-24(15)16/h6-7,9,12,16H,4-5,8,10H2,1-3H3,(H,22,26)(H,23,25)/t16-,20+/m1/s1. The van der Waals surface area contributed by atoms with Gasteiger partial charge in [0.2, 0.25) is 5.91 Å². The Morgan fingerprint density at radius 2 is 2.21 bits per heavy atom. The first-order valence-corrected chi connectivity index (χ1v) is 9.36. The molecule has 28 heavy (non-hydrogen) atoms. The molecule has 2 aliphatic rings. The molecule has 1 saturated heterocycles. The fourth-order valence-electron chi connectivity index (χ4n) is 3.40. The number of ether oxygens (including phenoxy) is 1. The normalized spacial score (nSPS) is 19.8. The number of nitriles is 1. The quantitative estimate of drug-likeness (QED) is 0.749. The number of benzene rings is 1. The van der Waals surface area contributed by atoms with Gasteiger partial charge in [0.25, 0.3) is 5.91 Å². The first-order valence-electron chi connectivity index (χ1n) is 9.36. The Morgan fingerprint density at radius 3 is 2.89 bits per heavy atom. The van der Waals surface area contributed by atoms with Crippen molar-refractivity contribution in [2.45, 2.75) is 45.2 Å². The zero-order valence-electron chi connectivity index (χ0n) is 16.2. The van der Waals surface area contributed by atoms with Crippen LogP contribution >= 0.6 is 0 Å². The predicted molar refractivity (Wildman–Crippen MR) is 103 cm³/mol. The van der Waals surface area contributed by atoms with Crippen LogP contribution in [0, 0.1) is 17.2 Å². The van der Waals surface area contributed by atoms with E-state index < -0.39 is 24.0 Å². The fourth-order valence-corrected chi connectivity index (χ4v) is 3.40. The molecule has 8 nitrogen and oxygen atoms in total. The van der Waals surface area contributed by atoms with E-state index in [0.717, 1.165) is 25.1 Å². The maximum Gasteiger partial charge on any atom is 0.338 e. The molecular weight excluding hydrogens is 360 g/mol. The summed E-state index contributed by atoms with van der Waals surface area (Å²) in [6, 6.07) is 6.90. The number of amides is 2. The highest BCUT2D eigenvalue weighted by atomic mass is 16.5. The smallest absolute Gasteiger partial charge is 0.338 e. The first kappa shape index (κ1) is 19.7. The molecular formula is C20H24N4O4. The molecule has 8 heteroatoms. The first-order chi connectivity index (χ1) is 13.2. The molecule has 3 rings (SSSR count). The molecule has 2 atom stereocenters. The second-order valence-corrected chi connectivity index (χ2v) is 7.67. The van der Waals surface area contributed by atoms with Gasteiger partial charge in [-0.1, -0.05) is 13.8 Å². The van der Waals surface area contributed by atoms with Crippen molar-refractivity contribution in [1.82, 2.24) is 5.32 Å². The van der Waals surface area contributed by atoms with E-state index in [4.69, 9.17) is 4.74 Å². The molecule has 0 saturated carbocycles. The molecule has 148 valence electrons. The van der Waals surface area contributed by atoms with Crippen molar-refractivity contribution in [2.24, 2.45) is 5.92 Å². The number of carbonyl (C=O) groups excluding carboxylic acids is 3. The van der Waals surface area contributed by atoms with Crippen LogP contribution in [-0.2, 0) is 14.3 Å². The Hall–Kier alpha value is -3.08. The van der Waals surface area contributed by atoms with Crippen molar-refractivity contribution in [3.8, 4) is 6.07 Å². The lowest BCUT2D eigenvalue weighted by molar-refractivity contribution is -0.125. The summed E-state index contributed by atoms with van der Waals surface area (Å²) in [4.78, 5) is 38.6. The minimum absolute atomic E-state index is 0.0700. The van der Waals surface area contributed by atoms with Gasteiger partial charge >= 0.3 is 5.97 Å². The van der Waals surface area contributed by atoms with Crippen LogP contribution in [0.1, 0.15) is 44.0 Å². The van der Waals surface area contributed by atoms with E-state index in [9.17, 15) is 19.6 Å². The van der Waals surface area contributed by atoms with E-state index in [0.29, 0.717) is 5.69 Å². The van der Waals surface area contributed by atoms with E-state index in [1.54, 1.807) is 25.1 Å². The second kappa shape index (κ2) is 7.50. The lowest BCUT2D eigenvalue weighted by Gasteiger charge is -2.33. The molecule has 2 amide bonds. The summed E-state index contributed by atoms with van der Waals surface area (Å²) in [5.74, 6) is -1.38. The molecule has 1 fully saturated rings. The van der Waals surface area contributed by atoms with Gasteiger partial charge in [-0.2, -0.15) is 5.26 Å². The molecule has 2 heterocycles. The van der Waals surface area contributed by atoms with Crippen molar-refractivity contribution in [3.05, 3.63) is 23.8 Å². The van der Waals surface area contributed by atoms with Gasteiger partial charge in [-0.25, -0.2) is 4.79 Å². The largest absolute Gasteiger partial charge is 0.452 e. The number of esters is 1. The SMILES string of the molecule is CC(C)[C@](C)(C#N)NC(=O)COC(=O)c1ccc2c(c1)NC(=O)[C@H]1CCCN21. The van der Waals surface area contributed by atoms with Crippen LogP contribution in [0.15, 0.2) is 18.2 Å². The van der Waals surface area contributed by atoms with Gasteiger partial charge in [0.1, 0.15) is 11.6 Å². The number of nitrogens with one attached hydrogen (secondary N) is 2. The molecule has 1 aromatic rings. The Labute approximate surface area is 163 Å². The Bertz CT molecular complexity index is 860. The van der Waals surface area contributed by atoms with Crippen molar-refractivity contribution in [2.75, 3.05) is 23.4 Å². The lowest BCUT2D eigenvalue weighted by Crippen LogP contribution is -2.50. The highest BCUT2D eigenvalue weighted by Crippen LogP contribution is 2.37. The minimum atomic E-state index is -1.04. The van der Waals surface area contributed by atoms with Crippen LogP contribution < -0.4 is 15.5 Å². The second-order valence-electron chi connectivity index (χ2n) is 7.67. The van der Waals surface area contributed by atoms with E-state index in [-0.39, 0.29) is 23.4 Å². The van der Waals surface area contributed by atoms with Gasteiger partial charge in [-0.05, 0) is 43.9 Å². The Balaban J connectivity index is 1.64. The van der Waals surface area contributed by atoms with E-state index >= 15 is 0 Å². The monoisotopic (exact) mass is 384 g/mol. The summed E-state index contributed by atoms with van der Waals surface area (Å²) in [5, 5.41) is 14.7. The lowest BCUT2D eigenvalue weighted by atomic mass is 9.90. The zero-order chi connectivity index (χ0) is 20.5. The summed E-state index contributed by atoms with van der Waals surface area (Å²) in [6.45, 7) is 5.59. The van der Waals surface area contributed by atoms with E-state index in [1.807, 2.05) is 18.7 Å². The molecule has 1 aromatic carbocycles. The fraction of sp³-hybridized carbons (Fsp3) is 0.500. The third-order valence-electron chi connectivity index (χ3n) is 5.48. The van der Waals surface area contributed by atoms with Gasteiger partial charge in [0, 0.05) is 6.54 Å². The van der Waals surface area contributed by atoms with Crippen LogP contribution in [-0.4, -0.2) is 42.5 Å². The highest BCUT2D eigenvalue weighted by molar-refractivity contribution is 6.05. The van der Waals surface area contributed by atoms with Gasteiger partial charge in [-0.15, -0.1) is 0 Å². The Kier molecular flexibility index (Phi) is 5.27. The number of rotatable bonds is 5. The number of anilines is 2. The van der Waals surface area contributed by atoms with Gasteiger partial charge in [-0.3, -0.25) is 9.59 Å². The summed E-state index contributed by atoms with van der Waals surface area (Å²) in [5.41, 5.74) is 0.666. The predicted octanol–water partition coefficient (Wildman–Crippen LogP) is 1.82. The minimum Gasteiger partial charge on any atom is -0.452 e. The average molecular weight is 384 g/mol. The molecule has 2 N–H and O–H groups in total. The summed E-state index contributed by atoms with van der Waals surface area (Å²) in [6.07, 6.45) is 1.77.